The van der Waals surface area contributed by atoms with Gasteiger partial charge in [0.05, 0.1) is 112 Å². The summed E-state index contributed by atoms with van der Waals surface area (Å²) >= 11 is 0. The molecule has 264 valence electrons. The lowest BCUT2D eigenvalue weighted by atomic mass is 9.93. The molecule has 0 amide bonds. The van der Waals surface area contributed by atoms with Gasteiger partial charge in [-0.05, 0) is 48.3 Å². The highest BCUT2D eigenvalue weighted by atomic mass is 16.6. The first-order valence-electron chi connectivity index (χ1n) is 16.9. The van der Waals surface area contributed by atoms with Crippen LogP contribution < -0.4 is 0 Å². The van der Waals surface area contributed by atoms with Crippen LogP contribution in [-0.2, 0) is 49.1 Å². The highest BCUT2D eigenvalue weighted by molar-refractivity contribution is 5.84. The molecule has 0 bridgehead atoms. The van der Waals surface area contributed by atoms with Gasteiger partial charge in [0, 0.05) is 20.1 Å². The van der Waals surface area contributed by atoms with Gasteiger partial charge >= 0.3 is 0 Å². The van der Waals surface area contributed by atoms with Crippen LogP contribution in [0.4, 0.5) is 0 Å². The minimum atomic E-state index is -0.0253. The maximum Gasteiger partial charge on any atom is 0.0872 e. The van der Waals surface area contributed by atoms with Crippen LogP contribution >= 0.6 is 0 Å². The van der Waals surface area contributed by atoms with E-state index in [1.165, 1.54) is 27.8 Å². The summed E-state index contributed by atoms with van der Waals surface area (Å²) in [5.74, 6) is 0. The number of methoxy groups -OCH3 is 1. The van der Waals surface area contributed by atoms with E-state index in [2.05, 4.69) is 73.6 Å². The van der Waals surface area contributed by atoms with Crippen molar-refractivity contribution in [3.8, 4) is 0 Å². The third kappa shape index (κ3) is 16.6. The molecule has 10 nitrogen and oxygen atoms in total. The number of hydrogen-bond donors (Lipinski definition) is 0. The van der Waals surface area contributed by atoms with Gasteiger partial charge in [0.2, 0.25) is 0 Å². The second-order valence-corrected chi connectivity index (χ2v) is 11.3. The van der Waals surface area contributed by atoms with Crippen LogP contribution in [0.1, 0.15) is 34.8 Å². The molecule has 0 unspecified atom stereocenters. The molecule has 0 saturated carbocycles. The largest absolute Gasteiger partial charge is 0.382 e. The topological polar surface area (TPSA) is 86.3 Å². The molecular formula is C37H57NO9. The molecule has 2 aromatic rings. The van der Waals surface area contributed by atoms with E-state index < -0.39 is 0 Å². The average Bonchev–Trinajstić information content (AvgIpc) is 3.21. The van der Waals surface area contributed by atoms with Crippen LogP contribution in [0.2, 0.25) is 0 Å². The molecule has 0 aliphatic heterocycles. The van der Waals surface area contributed by atoms with E-state index in [0.29, 0.717) is 106 Å². The fourth-order valence-electron chi connectivity index (χ4n) is 5.09. The molecule has 47 heavy (non-hydrogen) atoms. The third-order valence-corrected chi connectivity index (χ3v) is 7.45. The van der Waals surface area contributed by atoms with Crippen molar-refractivity contribution in [3.05, 3.63) is 76.9 Å². The molecule has 0 radical (unpaired) electrons. The minimum Gasteiger partial charge on any atom is -0.382 e. The van der Waals surface area contributed by atoms with Crippen LogP contribution in [-0.4, -0.2) is 138 Å². The molecule has 0 fully saturated rings. The van der Waals surface area contributed by atoms with Gasteiger partial charge in [0.1, 0.15) is 0 Å². The maximum atomic E-state index is 6.43. The molecule has 0 spiro atoms. The van der Waals surface area contributed by atoms with E-state index in [0.717, 1.165) is 19.4 Å². The number of benzene rings is 2. The smallest absolute Gasteiger partial charge is 0.0872 e. The Morgan fingerprint density at radius 2 is 1.02 bits per heavy atom. The first kappa shape index (κ1) is 39.2. The van der Waals surface area contributed by atoms with E-state index in [1.54, 1.807) is 7.11 Å². The van der Waals surface area contributed by atoms with Crippen LogP contribution in [0.25, 0.3) is 5.57 Å². The van der Waals surface area contributed by atoms with Gasteiger partial charge in [-0.15, -0.1) is 0 Å². The first-order chi connectivity index (χ1) is 23.2. The summed E-state index contributed by atoms with van der Waals surface area (Å²) in [6.45, 7) is 9.58. The van der Waals surface area contributed by atoms with Crippen molar-refractivity contribution in [3.63, 3.8) is 0 Å². The van der Waals surface area contributed by atoms with Crippen LogP contribution in [0.3, 0.4) is 0 Å². The van der Waals surface area contributed by atoms with E-state index in [-0.39, 0.29) is 6.10 Å². The molecule has 0 heterocycles. The number of rotatable bonds is 28. The van der Waals surface area contributed by atoms with Gasteiger partial charge in [-0.3, -0.25) is 0 Å². The molecule has 2 aromatic carbocycles. The van der Waals surface area contributed by atoms with Crippen molar-refractivity contribution >= 4 is 5.57 Å². The molecule has 3 rings (SSSR count). The van der Waals surface area contributed by atoms with Crippen molar-refractivity contribution in [2.45, 2.75) is 18.9 Å². The Bertz CT molecular complexity index is 1100. The second-order valence-electron chi connectivity index (χ2n) is 11.3. The quantitative estimate of drug-likeness (QED) is 0.122. The molecule has 10 heteroatoms. The Kier molecular flexibility index (Phi) is 21.5. The molecule has 0 saturated heterocycles. The molecular weight excluding hydrogens is 602 g/mol. The third-order valence-electron chi connectivity index (χ3n) is 7.45. The summed E-state index contributed by atoms with van der Waals surface area (Å²) in [4.78, 5) is 2.22. The highest BCUT2D eigenvalue weighted by Gasteiger charge is 2.25. The van der Waals surface area contributed by atoms with Crippen LogP contribution in [0.15, 0.2) is 54.6 Å². The zero-order chi connectivity index (χ0) is 33.2. The lowest BCUT2D eigenvalue weighted by molar-refractivity contribution is -0.0289. The summed E-state index contributed by atoms with van der Waals surface area (Å²) in [6.07, 6.45) is 4.18. The van der Waals surface area contributed by atoms with Crippen LogP contribution in [0.5, 0.6) is 0 Å². The van der Waals surface area contributed by atoms with E-state index in [1.807, 2.05) is 0 Å². The van der Waals surface area contributed by atoms with Gasteiger partial charge < -0.3 is 47.5 Å². The zero-order valence-corrected chi connectivity index (χ0v) is 28.8. The lowest BCUT2D eigenvalue weighted by Crippen LogP contribution is -2.15. The van der Waals surface area contributed by atoms with E-state index in [9.17, 15) is 0 Å². The van der Waals surface area contributed by atoms with E-state index in [4.69, 9.17) is 42.6 Å². The summed E-state index contributed by atoms with van der Waals surface area (Å²) in [6, 6.07) is 17.3. The first-order valence-corrected chi connectivity index (χ1v) is 16.9. The van der Waals surface area contributed by atoms with Crippen molar-refractivity contribution in [2.24, 2.45) is 0 Å². The summed E-state index contributed by atoms with van der Waals surface area (Å²) in [5, 5.41) is 0. The number of hydrogen-bond acceptors (Lipinski definition) is 10. The summed E-state index contributed by atoms with van der Waals surface area (Å²) < 4.78 is 50.1. The van der Waals surface area contributed by atoms with Crippen molar-refractivity contribution in [1.29, 1.82) is 0 Å². The molecule has 1 atom stereocenters. The standard InChI is InChI=1S/C37H57NO9/c1-38(2)14-8-13-34-33-10-5-4-9-32(33)31-37(36-12-7-6-11-35(34)36)47-30-29-46-28-27-45-26-25-44-24-23-43-22-21-42-20-19-41-18-17-40-16-15-39-3/h4-7,9-13,37H,8,14-31H2,1-3H3/b34-13-/t37-/m1/s1. The monoisotopic (exact) mass is 659 g/mol. The second kappa shape index (κ2) is 25.8. The zero-order valence-electron chi connectivity index (χ0n) is 28.8. The molecule has 1 aliphatic carbocycles. The summed E-state index contributed by atoms with van der Waals surface area (Å²) in [5.41, 5.74) is 6.41. The van der Waals surface area contributed by atoms with E-state index >= 15 is 0 Å². The predicted molar refractivity (Wildman–Crippen MR) is 183 cm³/mol. The fourth-order valence-corrected chi connectivity index (χ4v) is 5.09. The molecule has 0 aromatic heterocycles. The Labute approximate surface area is 282 Å². The fraction of sp³-hybridized carbons (Fsp3) is 0.622. The van der Waals surface area contributed by atoms with Crippen LogP contribution in [0, 0.1) is 0 Å². The maximum absolute atomic E-state index is 6.43. The van der Waals surface area contributed by atoms with Gasteiger partial charge in [-0.1, -0.05) is 54.6 Å². The molecule has 0 N–H and O–H groups in total. The Hall–Kier alpha value is -2.22. The lowest BCUT2D eigenvalue weighted by Gasteiger charge is -2.19. The van der Waals surface area contributed by atoms with Gasteiger partial charge in [0.15, 0.2) is 0 Å². The SMILES string of the molecule is COCCOCCOCCOCCOCCOCCOCCOCCO[C@@H]1Cc2ccccc2/C(=C/CCN(C)C)c2ccccc21. The van der Waals surface area contributed by atoms with Crippen molar-refractivity contribution in [1.82, 2.24) is 4.90 Å². The number of fused-ring (bicyclic) bond motifs is 2. The van der Waals surface area contributed by atoms with Gasteiger partial charge in [0.25, 0.3) is 0 Å². The number of ether oxygens (including phenoxy) is 9. The normalized spacial score (nSPS) is 15.2. The minimum absolute atomic E-state index is 0.0253. The Balaban J connectivity index is 1.18. The number of nitrogens with zero attached hydrogens (tertiary/aromatic N) is 1. The molecule has 1 aliphatic rings. The Morgan fingerprint density at radius 1 is 0.574 bits per heavy atom. The van der Waals surface area contributed by atoms with Gasteiger partial charge in [-0.2, -0.15) is 0 Å². The van der Waals surface area contributed by atoms with Gasteiger partial charge in [-0.25, -0.2) is 0 Å². The predicted octanol–water partition coefficient (Wildman–Crippen LogP) is 4.45. The van der Waals surface area contributed by atoms with Crippen molar-refractivity contribution < 1.29 is 42.6 Å². The average molecular weight is 660 g/mol. The Morgan fingerprint density at radius 3 is 1.53 bits per heavy atom. The summed E-state index contributed by atoms with van der Waals surface area (Å²) in [7, 11) is 5.88. The highest BCUT2D eigenvalue weighted by Crippen LogP contribution is 2.39. The van der Waals surface area contributed by atoms with Crippen molar-refractivity contribution in [2.75, 3.05) is 133 Å².